The normalized spacial score (nSPS) is 16.4. The summed E-state index contributed by atoms with van der Waals surface area (Å²) >= 11 is 1.36. The second-order valence-electron chi connectivity index (χ2n) is 5.75. The second kappa shape index (κ2) is 6.96. The number of aromatic nitrogens is 1. The molecule has 0 spiro atoms. The quantitative estimate of drug-likeness (QED) is 0.847. The van der Waals surface area contributed by atoms with Gasteiger partial charge in [-0.3, -0.25) is 4.79 Å². The van der Waals surface area contributed by atoms with Crippen LogP contribution in [0.25, 0.3) is 10.6 Å². The van der Waals surface area contributed by atoms with Crippen LogP contribution >= 0.6 is 23.7 Å². The predicted molar refractivity (Wildman–Crippen MR) is 94.0 cm³/mol. The lowest BCUT2D eigenvalue weighted by atomic mass is 10.2. The van der Waals surface area contributed by atoms with Gasteiger partial charge in [-0.25, -0.2) is 4.98 Å². The van der Waals surface area contributed by atoms with Crippen molar-refractivity contribution in [2.45, 2.75) is 18.9 Å². The zero-order chi connectivity index (χ0) is 15.8. The molecule has 1 aliphatic carbocycles. The molecule has 0 saturated heterocycles. The topological polar surface area (TPSA) is 86.5 Å². The monoisotopic (exact) mass is 367 g/mol. The number of ether oxygens (including phenoxy) is 2. The van der Waals surface area contributed by atoms with Crippen LogP contribution in [0.4, 0.5) is 0 Å². The maximum absolute atomic E-state index is 12.3. The van der Waals surface area contributed by atoms with Crippen LogP contribution in [0.1, 0.15) is 22.5 Å². The minimum Gasteiger partial charge on any atom is -0.454 e. The van der Waals surface area contributed by atoms with Gasteiger partial charge >= 0.3 is 0 Å². The van der Waals surface area contributed by atoms with Crippen molar-refractivity contribution >= 4 is 29.7 Å². The van der Waals surface area contributed by atoms with Crippen LogP contribution in [0.2, 0.25) is 0 Å². The molecule has 6 nitrogen and oxygen atoms in total. The number of rotatable bonds is 5. The molecule has 2 heterocycles. The Kier molecular flexibility index (Phi) is 4.93. The van der Waals surface area contributed by atoms with E-state index in [0.717, 1.165) is 29.2 Å². The Morgan fingerprint density at radius 2 is 2.17 bits per heavy atom. The number of fused-ring (bicyclic) bond motifs is 1. The highest BCUT2D eigenvalue weighted by molar-refractivity contribution is 7.16. The Morgan fingerprint density at radius 3 is 2.92 bits per heavy atom. The van der Waals surface area contributed by atoms with Gasteiger partial charge in [-0.05, 0) is 37.0 Å². The third-order valence-electron chi connectivity index (χ3n) is 4.11. The first-order valence-electron chi connectivity index (χ1n) is 7.61. The number of halogens is 1. The van der Waals surface area contributed by atoms with Crippen molar-refractivity contribution in [1.29, 1.82) is 0 Å². The maximum atomic E-state index is 12.3. The average molecular weight is 368 g/mol. The van der Waals surface area contributed by atoms with Crippen LogP contribution < -0.4 is 20.5 Å². The zero-order valence-corrected chi connectivity index (χ0v) is 14.5. The van der Waals surface area contributed by atoms with Gasteiger partial charge < -0.3 is 20.5 Å². The maximum Gasteiger partial charge on any atom is 0.263 e. The first-order chi connectivity index (χ1) is 11.2. The van der Waals surface area contributed by atoms with Gasteiger partial charge in [0.2, 0.25) is 6.79 Å². The fraction of sp³-hybridized carbons (Fsp3) is 0.375. The molecular formula is C16H18ClN3O3S. The van der Waals surface area contributed by atoms with Crippen molar-refractivity contribution in [3.63, 3.8) is 0 Å². The van der Waals surface area contributed by atoms with Crippen molar-refractivity contribution in [3.8, 4) is 22.1 Å². The Hall–Kier alpha value is -1.83. The molecule has 3 N–H and O–H groups in total. The number of amides is 1. The number of thiazole rings is 1. The summed E-state index contributed by atoms with van der Waals surface area (Å²) in [5.74, 6) is 1.88. The number of carbonyl (C=O) groups is 1. The molecule has 0 bridgehead atoms. The summed E-state index contributed by atoms with van der Waals surface area (Å²) in [5.41, 5.74) is 6.65. The average Bonchev–Trinajstić information content (AvgIpc) is 3.11. The van der Waals surface area contributed by atoms with E-state index < -0.39 is 0 Å². The lowest BCUT2D eigenvalue weighted by Crippen LogP contribution is -2.41. The van der Waals surface area contributed by atoms with Crippen LogP contribution in [-0.2, 0) is 0 Å². The lowest BCUT2D eigenvalue weighted by molar-refractivity contribution is 0.0937. The molecule has 24 heavy (non-hydrogen) atoms. The van der Waals surface area contributed by atoms with Gasteiger partial charge in [0, 0.05) is 18.2 Å². The number of nitrogens with zero attached hydrogens (tertiary/aromatic N) is 1. The third-order valence-corrected chi connectivity index (χ3v) is 5.16. The first kappa shape index (κ1) is 17.0. The van der Waals surface area contributed by atoms with Gasteiger partial charge in [-0.2, -0.15) is 0 Å². The number of benzene rings is 1. The van der Waals surface area contributed by atoms with Gasteiger partial charge in [-0.15, -0.1) is 23.7 Å². The van der Waals surface area contributed by atoms with Crippen LogP contribution in [0.3, 0.4) is 0 Å². The molecule has 4 rings (SSSR count). The summed E-state index contributed by atoms with van der Waals surface area (Å²) in [6, 6.07) is 5.73. The van der Waals surface area contributed by atoms with Gasteiger partial charge in [0.1, 0.15) is 9.88 Å². The molecule has 1 atom stereocenters. The molecule has 128 valence electrons. The summed E-state index contributed by atoms with van der Waals surface area (Å²) in [5, 5.41) is 3.79. The minimum atomic E-state index is -0.100. The SMILES string of the molecule is Cl.NCC(NC(=O)c1cnc(-c2ccc3c(c2)OCO3)s1)C1CC1. The fourth-order valence-corrected chi connectivity index (χ4v) is 3.47. The van der Waals surface area contributed by atoms with Crippen LogP contribution in [0.5, 0.6) is 11.5 Å². The van der Waals surface area contributed by atoms with Crippen LogP contribution in [-0.4, -0.2) is 30.3 Å². The van der Waals surface area contributed by atoms with Gasteiger partial charge in [0.05, 0.1) is 6.20 Å². The minimum absolute atomic E-state index is 0. The van der Waals surface area contributed by atoms with E-state index >= 15 is 0 Å². The number of hydrogen-bond donors (Lipinski definition) is 2. The highest BCUT2D eigenvalue weighted by atomic mass is 35.5. The smallest absolute Gasteiger partial charge is 0.263 e. The molecule has 1 aromatic heterocycles. The van der Waals surface area contributed by atoms with E-state index in [1.54, 1.807) is 6.20 Å². The van der Waals surface area contributed by atoms with Gasteiger partial charge in [-0.1, -0.05) is 0 Å². The second-order valence-corrected chi connectivity index (χ2v) is 6.78. The largest absolute Gasteiger partial charge is 0.454 e. The van der Waals surface area contributed by atoms with Gasteiger partial charge in [0.25, 0.3) is 5.91 Å². The molecule has 1 unspecified atom stereocenters. The predicted octanol–water partition coefficient (Wildman–Crippen LogP) is 2.43. The molecule has 1 saturated carbocycles. The van der Waals surface area contributed by atoms with E-state index in [9.17, 15) is 4.79 Å². The van der Waals surface area contributed by atoms with E-state index in [2.05, 4.69) is 10.3 Å². The molecule has 8 heteroatoms. The van der Waals surface area contributed by atoms with Gasteiger partial charge in [0.15, 0.2) is 11.5 Å². The van der Waals surface area contributed by atoms with E-state index in [4.69, 9.17) is 15.2 Å². The first-order valence-corrected chi connectivity index (χ1v) is 8.43. The summed E-state index contributed by atoms with van der Waals surface area (Å²) in [6.07, 6.45) is 3.90. The third kappa shape index (κ3) is 3.33. The molecule has 0 radical (unpaired) electrons. The molecule has 1 aliphatic heterocycles. The Bertz CT molecular complexity index is 748. The highest BCUT2D eigenvalue weighted by Crippen LogP contribution is 2.37. The Balaban J connectivity index is 0.00000169. The summed E-state index contributed by atoms with van der Waals surface area (Å²) < 4.78 is 10.7. The molecule has 1 fully saturated rings. The fourth-order valence-electron chi connectivity index (χ4n) is 2.65. The van der Waals surface area contributed by atoms with E-state index in [1.807, 2.05) is 18.2 Å². The number of nitrogens with one attached hydrogen (secondary N) is 1. The molecule has 1 amide bonds. The summed E-state index contributed by atoms with van der Waals surface area (Å²) in [4.78, 5) is 17.3. The Morgan fingerprint density at radius 1 is 1.38 bits per heavy atom. The van der Waals surface area contributed by atoms with Crippen molar-refractivity contribution < 1.29 is 14.3 Å². The standard InChI is InChI=1S/C16H17N3O3S.ClH/c17-6-11(9-1-2-9)19-15(20)14-7-18-16(23-14)10-3-4-12-13(5-10)22-8-21-12;/h3-5,7,9,11H,1-2,6,8,17H2,(H,19,20);1H. The molecule has 2 aromatic rings. The van der Waals surface area contributed by atoms with Crippen molar-refractivity contribution in [2.24, 2.45) is 11.7 Å². The molecule has 2 aliphatic rings. The van der Waals surface area contributed by atoms with Crippen molar-refractivity contribution in [3.05, 3.63) is 29.3 Å². The van der Waals surface area contributed by atoms with Crippen molar-refractivity contribution in [2.75, 3.05) is 13.3 Å². The van der Waals surface area contributed by atoms with Crippen LogP contribution in [0, 0.1) is 5.92 Å². The molecule has 1 aromatic carbocycles. The van der Waals surface area contributed by atoms with Crippen LogP contribution in [0.15, 0.2) is 24.4 Å². The highest BCUT2D eigenvalue weighted by Gasteiger charge is 2.31. The van der Waals surface area contributed by atoms with E-state index in [0.29, 0.717) is 23.1 Å². The number of nitrogens with two attached hydrogens (primary N) is 1. The summed E-state index contributed by atoms with van der Waals surface area (Å²) in [6.45, 7) is 0.718. The Labute approximate surface area is 149 Å². The lowest BCUT2D eigenvalue weighted by Gasteiger charge is -2.14. The number of carbonyl (C=O) groups excluding carboxylic acids is 1. The van der Waals surface area contributed by atoms with E-state index in [1.165, 1.54) is 11.3 Å². The zero-order valence-electron chi connectivity index (χ0n) is 12.9. The summed E-state index contributed by atoms with van der Waals surface area (Å²) in [7, 11) is 0. The van der Waals surface area contributed by atoms with Crippen molar-refractivity contribution in [1.82, 2.24) is 10.3 Å². The molecular weight excluding hydrogens is 350 g/mol. The number of hydrogen-bond acceptors (Lipinski definition) is 6. The van der Waals surface area contributed by atoms with E-state index in [-0.39, 0.29) is 31.1 Å².